The normalized spacial score (nSPS) is 18.2. The average Bonchev–Trinajstić information content (AvgIpc) is 3.45. The molecule has 0 radical (unpaired) electrons. The van der Waals surface area contributed by atoms with Crippen LogP contribution < -0.4 is 5.32 Å². The number of aryl methyl sites for hydroxylation is 1. The standard InChI is InChI=1S/C21H27N5O4S/c1-15-13-18(23-30-15)22-19(27)14-24-8-10-26(11-9-24)20(28)16-4-6-25(7-5-16)21(29)17-3-2-12-31-17/h2-3,12-13,16H,4-11,14H2,1H3,(H,22,23,27). The molecule has 2 aromatic rings. The Balaban J connectivity index is 1.19. The number of rotatable bonds is 5. The molecule has 4 heterocycles. The molecule has 2 saturated heterocycles. The van der Waals surface area contributed by atoms with Gasteiger partial charge < -0.3 is 19.6 Å². The Hall–Kier alpha value is -2.72. The molecule has 0 bridgehead atoms. The molecular weight excluding hydrogens is 418 g/mol. The molecule has 0 aliphatic carbocycles. The van der Waals surface area contributed by atoms with Gasteiger partial charge in [0, 0.05) is 51.3 Å². The Morgan fingerprint density at radius 2 is 1.87 bits per heavy atom. The zero-order valence-electron chi connectivity index (χ0n) is 17.6. The molecule has 0 unspecified atom stereocenters. The van der Waals surface area contributed by atoms with Crippen LogP contribution in [0.2, 0.25) is 0 Å². The summed E-state index contributed by atoms with van der Waals surface area (Å²) in [6.45, 7) is 5.82. The fourth-order valence-electron chi connectivity index (χ4n) is 4.08. The van der Waals surface area contributed by atoms with E-state index in [2.05, 4.69) is 10.5 Å². The Morgan fingerprint density at radius 1 is 1.13 bits per heavy atom. The third-order valence-electron chi connectivity index (χ3n) is 5.81. The van der Waals surface area contributed by atoms with Crippen molar-refractivity contribution in [1.29, 1.82) is 0 Å². The van der Waals surface area contributed by atoms with Crippen molar-refractivity contribution < 1.29 is 18.9 Å². The number of carbonyl (C=O) groups is 3. The highest BCUT2D eigenvalue weighted by atomic mass is 32.1. The number of piperidine rings is 1. The number of amides is 3. The van der Waals surface area contributed by atoms with Crippen LogP contribution >= 0.6 is 11.3 Å². The van der Waals surface area contributed by atoms with E-state index in [-0.39, 0.29) is 30.2 Å². The molecule has 10 heteroatoms. The summed E-state index contributed by atoms with van der Waals surface area (Å²) >= 11 is 1.45. The second-order valence-corrected chi connectivity index (χ2v) is 8.96. The summed E-state index contributed by atoms with van der Waals surface area (Å²) < 4.78 is 4.95. The number of hydrogen-bond acceptors (Lipinski definition) is 7. The van der Waals surface area contributed by atoms with Gasteiger partial charge in [-0.25, -0.2) is 0 Å². The van der Waals surface area contributed by atoms with Crippen LogP contribution in [-0.2, 0) is 9.59 Å². The second-order valence-electron chi connectivity index (χ2n) is 8.02. The molecule has 2 aromatic heterocycles. The molecule has 2 fully saturated rings. The molecule has 2 aliphatic rings. The van der Waals surface area contributed by atoms with Crippen LogP contribution in [0.3, 0.4) is 0 Å². The Labute approximate surface area is 185 Å². The molecule has 4 rings (SSSR count). The number of aromatic nitrogens is 1. The van der Waals surface area contributed by atoms with Crippen LogP contribution in [-0.4, -0.2) is 83.4 Å². The lowest BCUT2D eigenvalue weighted by Crippen LogP contribution is -2.53. The van der Waals surface area contributed by atoms with Crippen LogP contribution in [0.4, 0.5) is 5.82 Å². The van der Waals surface area contributed by atoms with Gasteiger partial charge in [-0.3, -0.25) is 19.3 Å². The molecular formula is C21H27N5O4S. The van der Waals surface area contributed by atoms with Crippen molar-refractivity contribution >= 4 is 34.9 Å². The summed E-state index contributed by atoms with van der Waals surface area (Å²) in [4.78, 5) is 44.1. The number of carbonyl (C=O) groups excluding carboxylic acids is 3. The molecule has 166 valence electrons. The predicted octanol–water partition coefficient (Wildman–Crippen LogP) is 1.68. The van der Waals surface area contributed by atoms with Gasteiger partial charge >= 0.3 is 0 Å². The van der Waals surface area contributed by atoms with Crippen molar-refractivity contribution in [2.75, 3.05) is 51.1 Å². The summed E-state index contributed by atoms with van der Waals surface area (Å²) in [5.41, 5.74) is 0. The van der Waals surface area contributed by atoms with Crippen LogP contribution in [0.15, 0.2) is 28.1 Å². The smallest absolute Gasteiger partial charge is 0.263 e. The summed E-state index contributed by atoms with van der Waals surface area (Å²) in [6, 6.07) is 5.40. The number of anilines is 1. The lowest BCUT2D eigenvalue weighted by molar-refractivity contribution is -0.138. The number of nitrogens with one attached hydrogen (secondary N) is 1. The van der Waals surface area contributed by atoms with Crippen LogP contribution in [0.25, 0.3) is 0 Å². The van der Waals surface area contributed by atoms with Crippen molar-refractivity contribution in [2.24, 2.45) is 5.92 Å². The van der Waals surface area contributed by atoms with Crippen LogP contribution in [0, 0.1) is 12.8 Å². The maximum Gasteiger partial charge on any atom is 0.263 e. The van der Waals surface area contributed by atoms with Crippen LogP contribution in [0.1, 0.15) is 28.3 Å². The summed E-state index contributed by atoms with van der Waals surface area (Å²) in [6.07, 6.45) is 1.41. The lowest BCUT2D eigenvalue weighted by atomic mass is 9.95. The van der Waals surface area contributed by atoms with E-state index in [4.69, 9.17) is 4.52 Å². The van der Waals surface area contributed by atoms with E-state index in [1.165, 1.54) is 11.3 Å². The fourth-order valence-corrected chi connectivity index (χ4v) is 4.77. The third kappa shape index (κ3) is 5.31. The van der Waals surface area contributed by atoms with Gasteiger partial charge in [-0.2, -0.15) is 0 Å². The van der Waals surface area contributed by atoms with Crippen molar-refractivity contribution in [3.05, 3.63) is 34.2 Å². The first-order valence-corrected chi connectivity index (χ1v) is 11.4. The Morgan fingerprint density at radius 3 is 2.48 bits per heavy atom. The number of hydrogen-bond donors (Lipinski definition) is 1. The van der Waals surface area contributed by atoms with E-state index in [0.29, 0.717) is 63.7 Å². The van der Waals surface area contributed by atoms with Gasteiger partial charge in [0.1, 0.15) is 5.76 Å². The number of nitrogens with zero attached hydrogens (tertiary/aromatic N) is 4. The molecule has 0 saturated carbocycles. The largest absolute Gasteiger partial charge is 0.360 e. The van der Waals surface area contributed by atoms with Crippen molar-refractivity contribution in [3.8, 4) is 0 Å². The predicted molar refractivity (Wildman–Crippen MR) is 116 cm³/mol. The minimum Gasteiger partial charge on any atom is -0.360 e. The minimum absolute atomic E-state index is 0.0300. The molecule has 0 atom stereocenters. The fraction of sp³-hybridized carbons (Fsp3) is 0.524. The minimum atomic E-state index is -0.143. The molecule has 1 N–H and O–H groups in total. The highest BCUT2D eigenvalue weighted by molar-refractivity contribution is 7.12. The maximum atomic E-state index is 12.9. The molecule has 0 spiro atoms. The topological polar surface area (TPSA) is 99.0 Å². The first-order chi connectivity index (χ1) is 15.0. The second kappa shape index (κ2) is 9.61. The Kier molecular flexibility index (Phi) is 6.67. The Bertz CT molecular complexity index is 912. The van der Waals surface area contributed by atoms with Crippen molar-refractivity contribution in [1.82, 2.24) is 19.9 Å². The molecule has 0 aromatic carbocycles. The van der Waals surface area contributed by atoms with Gasteiger partial charge in [0.15, 0.2) is 5.82 Å². The SMILES string of the molecule is Cc1cc(NC(=O)CN2CCN(C(=O)C3CCN(C(=O)c4cccs4)CC3)CC2)no1. The zero-order valence-corrected chi connectivity index (χ0v) is 18.4. The summed E-state index contributed by atoms with van der Waals surface area (Å²) in [7, 11) is 0. The van der Waals surface area contributed by atoms with Gasteiger partial charge in [-0.05, 0) is 31.2 Å². The van der Waals surface area contributed by atoms with E-state index in [9.17, 15) is 14.4 Å². The number of piperazine rings is 1. The summed E-state index contributed by atoms with van der Waals surface area (Å²) in [5, 5.41) is 8.39. The molecule has 31 heavy (non-hydrogen) atoms. The van der Waals surface area contributed by atoms with E-state index < -0.39 is 0 Å². The van der Waals surface area contributed by atoms with Gasteiger partial charge in [0.25, 0.3) is 5.91 Å². The number of likely N-dealkylation sites (tertiary alicyclic amines) is 1. The molecule has 2 aliphatic heterocycles. The highest BCUT2D eigenvalue weighted by Crippen LogP contribution is 2.23. The zero-order chi connectivity index (χ0) is 21.8. The molecule has 3 amide bonds. The van der Waals surface area contributed by atoms with Crippen LogP contribution in [0.5, 0.6) is 0 Å². The van der Waals surface area contributed by atoms with Crippen molar-refractivity contribution in [3.63, 3.8) is 0 Å². The highest BCUT2D eigenvalue weighted by Gasteiger charge is 2.32. The quantitative estimate of drug-likeness (QED) is 0.752. The maximum absolute atomic E-state index is 12.9. The van der Waals surface area contributed by atoms with Gasteiger partial charge in [-0.15, -0.1) is 11.3 Å². The van der Waals surface area contributed by atoms with E-state index in [1.54, 1.807) is 13.0 Å². The van der Waals surface area contributed by atoms with Gasteiger partial charge in [0.2, 0.25) is 11.8 Å². The van der Waals surface area contributed by atoms with E-state index in [0.717, 1.165) is 4.88 Å². The number of thiophene rings is 1. The third-order valence-corrected chi connectivity index (χ3v) is 6.67. The first kappa shape index (κ1) is 21.5. The molecule has 9 nitrogen and oxygen atoms in total. The monoisotopic (exact) mass is 445 g/mol. The van der Waals surface area contributed by atoms with E-state index >= 15 is 0 Å². The van der Waals surface area contributed by atoms with E-state index in [1.807, 2.05) is 32.2 Å². The van der Waals surface area contributed by atoms with Gasteiger partial charge in [-0.1, -0.05) is 11.2 Å². The lowest BCUT2D eigenvalue weighted by Gasteiger charge is -2.38. The first-order valence-electron chi connectivity index (χ1n) is 10.6. The van der Waals surface area contributed by atoms with Gasteiger partial charge in [0.05, 0.1) is 11.4 Å². The average molecular weight is 446 g/mol. The van der Waals surface area contributed by atoms with Crippen molar-refractivity contribution in [2.45, 2.75) is 19.8 Å². The summed E-state index contributed by atoms with van der Waals surface area (Å²) in [5.74, 6) is 1.12.